The van der Waals surface area contributed by atoms with Crippen molar-refractivity contribution < 1.29 is 17.9 Å². The number of nitrogens with one attached hydrogen (secondary N) is 1. The van der Waals surface area contributed by atoms with Crippen molar-refractivity contribution in [2.24, 2.45) is 0 Å². The van der Waals surface area contributed by atoms with E-state index in [9.17, 15) is 13.2 Å². The SMILES string of the molecule is COc1ccc(N(CC(=O)NC(C)c2cccc(Cl)c2)S(=O)(=O)c2ccccc2)cc1. The van der Waals surface area contributed by atoms with Gasteiger partial charge in [0.25, 0.3) is 10.0 Å². The summed E-state index contributed by atoms with van der Waals surface area (Å²) in [5, 5.41) is 3.40. The normalized spacial score (nSPS) is 12.1. The summed E-state index contributed by atoms with van der Waals surface area (Å²) in [7, 11) is -2.44. The summed E-state index contributed by atoms with van der Waals surface area (Å²) in [5.74, 6) is 0.141. The summed E-state index contributed by atoms with van der Waals surface area (Å²) >= 11 is 6.03. The predicted octanol–water partition coefficient (Wildman–Crippen LogP) is 4.42. The van der Waals surface area contributed by atoms with Crippen molar-refractivity contribution in [2.75, 3.05) is 18.0 Å². The fourth-order valence-electron chi connectivity index (χ4n) is 3.06. The largest absolute Gasteiger partial charge is 0.497 e. The van der Waals surface area contributed by atoms with Crippen LogP contribution in [-0.2, 0) is 14.8 Å². The number of ether oxygens (including phenoxy) is 1. The Balaban J connectivity index is 1.88. The molecule has 6 nitrogen and oxygen atoms in total. The molecular formula is C23H23ClN2O4S. The molecule has 0 fully saturated rings. The number of carbonyl (C=O) groups is 1. The van der Waals surface area contributed by atoms with Gasteiger partial charge in [-0.25, -0.2) is 8.42 Å². The van der Waals surface area contributed by atoms with Crippen LogP contribution in [0.15, 0.2) is 83.8 Å². The lowest BCUT2D eigenvalue weighted by Gasteiger charge is -2.25. The van der Waals surface area contributed by atoms with Gasteiger partial charge in [0.05, 0.1) is 23.7 Å². The molecule has 0 saturated heterocycles. The molecule has 0 aliphatic rings. The number of hydrogen-bond acceptors (Lipinski definition) is 4. The van der Waals surface area contributed by atoms with Crippen molar-refractivity contribution in [3.8, 4) is 5.75 Å². The van der Waals surface area contributed by atoms with E-state index in [0.717, 1.165) is 9.87 Å². The Bertz CT molecular complexity index is 1140. The van der Waals surface area contributed by atoms with Gasteiger partial charge >= 0.3 is 0 Å². The standard InChI is InChI=1S/C23H23ClN2O4S/c1-17(18-7-6-8-19(24)15-18)25-23(27)16-26(20-11-13-21(30-2)14-12-20)31(28,29)22-9-4-3-5-10-22/h3-15,17H,16H2,1-2H3,(H,25,27). The fourth-order valence-corrected chi connectivity index (χ4v) is 4.70. The zero-order valence-electron chi connectivity index (χ0n) is 17.2. The maximum Gasteiger partial charge on any atom is 0.264 e. The van der Waals surface area contributed by atoms with E-state index in [0.29, 0.717) is 16.5 Å². The highest BCUT2D eigenvalue weighted by Gasteiger charge is 2.27. The highest BCUT2D eigenvalue weighted by molar-refractivity contribution is 7.92. The molecule has 3 aromatic rings. The van der Waals surface area contributed by atoms with Crippen molar-refractivity contribution in [1.29, 1.82) is 0 Å². The molecule has 0 bridgehead atoms. The topological polar surface area (TPSA) is 75.7 Å². The number of anilines is 1. The molecule has 1 N–H and O–H groups in total. The molecule has 3 rings (SSSR count). The number of hydrogen-bond donors (Lipinski definition) is 1. The van der Waals surface area contributed by atoms with Crippen LogP contribution in [0.2, 0.25) is 5.02 Å². The maximum absolute atomic E-state index is 13.3. The maximum atomic E-state index is 13.3. The Morgan fingerprint density at radius 1 is 1.03 bits per heavy atom. The summed E-state index contributed by atoms with van der Waals surface area (Å²) in [6, 6.07) is 21.3. The highest BCUT2D eigenvalue weighted by atomic mass is 35.5. The van der Waals surface area contributed by atoms with Crippen LogP contribution >= 0.6 is 11.6 Å². The molecule has 0 saturated carbocycles. The third-order valence-electron chi connectivity index (χ3n) is 4.70. The molecule has 0 aromatic heterocycles. The molecule has 0 heterocycles. The van der Waals surface area contributed by atoms with Crippen molar-refractivity contribution in [1.82, 2.24) is 5.32 Å². The van der Waals surface area contributed by atoms with Crippen molar-refractivity contribution >= 4 is 33.2 Å². The molecular weight excluding hydrogens is 436 g/mol. The zero-order chi connectivity index (χ0) is 22.4. The highest BCUT2D eigenvalue weighted by Crippen LogP contribution is 2.26. The second kappa shape index (κ2) is 9.85. The minimum Gasteiger partial charge on any atom is -0.497 e. The molecule has 0 spiro atoms. The van der Waals surface area contributed by atoms with Gasteiger partial charge in [0.1, 0.15) is 12.3 Å². The van der Waals surface area contributed by atoms with E-state index < -0.39 is 15.9 Å². The minimum absolute atomic E-state index is 0.0986. The van der Waals surface area contributed by atoms with Crippen molar-refractivity contribution in [2.45, 2.75) is 17.9 Å². The Kier molecular flexibility index (Phi) is 7.20. The minimum atomic E-state index is -3.97. The molecule has 3 aromatic carbocycles. The van der Waals surface area contributed by atoms with E-state index in [2.05, 4.69) is 5.32 Å². The number of benzene rings is 3. The quantitative estimate of drug-likeness (QED) is 0.542. The smallest absolute Gasteiger partial charge is 0.264 e. The number of sulfonamides is 1. The van der Waals surface area contributed by atoms with E-state index in [1.807, 2.05) is 13.0 Å². The number of rotatable bonds is 8. The zero-order valence-corrected chi connectivity index (χ0v) is 18.7. The molecule has 0 aliphatic heterocycles. The van der Waals surface area contributed by atoms with Crippen LogP contribution in [0.4, 0.5) is 5.69 Å². The molecule has 1 amide bonds. The van der Waals surface area contributed by atoms with Gasteiger partial charge in [0.2, 0.25) is 5.91 Å². The first-order valence-corrected chi connectivity index (χ1v) is 11.4. The molecule has 162 valence electrons. The van der Waals surface area contributed by atoms with Gasteiger partial charge in [-0.1, -0.05) is 41.9 Å². The Morgan fingerprint density at radius 3 is 2.32 bits per heavy atom. The van der Waals surface area contributed by atoms with Crippen LogP contribution in [0.1, 0.15) is 18.5 Å². The molecule has 1 unspecified atom stereocenters. The molecule has 8 heteroatoms. The van der Waals surface area contributed by atoms with E-state index in [4.69, 9.17) is 16.3 Å². The second-order valence-corrected chi connectivity index (χ2v) is 9.17. The van der Waals surface area contributed by atoms with Crippen LogP contribution in [0.3, 0.4) is 0 Å². The van der Waals surface area contributed by atoms with E-state index in [-0.39, 0.29) is 17.5 Å². The Hall–Kier alpha value is -3.03. The third-order valence-corrected chi connectivity index (χ3v) is 6.73. The van der Waals surface area contributed by atoms with Crippen molar-refractivity contribution in [3.05, 3.63) is 89.4 Å². The monoisotopic (exact) mass is 458 g/mol. The van der Waals surface area contributed by atoms with Gasteiger partial charge in [-0.15, -0.1) is 0 Å². The van der Waals surface area contributed by atoms with Gasteiger partial charge in [-0.3, -0.25) is 9.10 Å². The molecule has 1 atom stereocenters. The van der Waals surface area contributed by atoms with E-state index in [1.54, 1.807) is 60.7 Å². The van der Waals surface area contributed by atoms with E-state index >= 15 is 0 Å². The molecule has 0 aliphatic carbocycles. The number of amides is 1. The molecule has 31 heavy (non-hydrogen) atoms. The van der Waals surface area contributed by atoms with Crippen LogP contribution in [0.5, 0.6) is 5.75 Å². The average molecular weight is 459 g/mol. The second-order valence-electron chi connectivity index (χ2n) is 6.87. The fraction of sp³-hybridized carbons (Fsp3) is 0.174. The Morgan fingerprint density at radius 2 is 1.71 bits per heavy atom. The van der Waals surface area contributed by atoms with Crippen LogP contribution < -0.4 is 14.4 Å². The number of methoxy groups -OCH3 is 1. The lowest BCUT2D eigenvalue weighted by Crippen LogP contribution is -2.41. The first kappa shape index (κ1) is 22.7. The van der Waals surface area contributed by atoms with Crippen molar-refractivity contribution in [3.63, 3.8) is 0 Å². The predicted molar refractivity (Wildman–Crippen MR) is 122 cm³/mol. The van der Waals surface area contributed by atoms with Gasteiger partial charge in [-0.2, -0.15) is 0 Å². The number of nitrogens with zero attached hydrogens (tertiary/aromatic N) is 1. The summed E-state index contributed by atoms with van der Waals surface area (Å²) in [6.07, 6.45) is 0. The first-order valence-electron chi connectivity index (χ1n) is 9.58. The summed E-state index contributed by atoms with van der Waals surface area (Å²) < 4.78 is 32.9. The van der Waals surface area contributed by atoms with Gasteiger partial charge < -0.3 is 10.1 Å². The summed E-state index contributed by atoms with van der Waals surface area (Å²) in [5.41, 5.74) is 1.18. The summed E-state index contributed by atoms with van der Waals surface area (Å²) in [4.78, 5) is 12.9. The van der Waals surface area contributed by atoms with Crippen LogP contribution in [0, 0.1) is 0 Å². The van der Waals surface area contributed by atoms with Gasteiger partial charge in [0.15, 0.2) is 0 Å². The lowest BCUT2D eigenvalue weighted by molar-refractivity contribution is -0.120. The third kappa shape index (κ3) is 5.57. The van der Waals surface area contributed by atoms with Crippen LogP contribution in [-0.4, -0.2) is 28.0 Å². The van der Waals surface area contributed by atoms with E-state index in [1.165, 1.54) is 19.2 Å². The van der Waals surface area contributed by atoms with Gasteiger partial charge in [0, 0.05) is 5.02 Å². The van der Waals surface area contributed by atoms with Crippen LogP contribution in [0.25, 0.3) is 0 Å². The first-order chi connectivity index (χ1) is 14.8. The molecule has 0 radical (unpaired) electrons. The van der Waals surface area contributed by atoms with Gasteiger partial charge in [-0.05, 0) is 61.0 Å². The Labute approximate surface area is 187 Å². The number of halogens is 1. The lowest BCUT2D eigenvalue weighted by atomic mass is 10.1. The average Bonchev–Trinajstić information content (AvgIpc) is 2.78. The number of carbonyl (C=O) groups excluding carboxylic acids is 1. The summed E-state index contributed by atoms with van der Waals surface area (Å²) in [6.45, 7) is 1.43.